The van der Waals surface area contributed by atoms with Gasteiger partial charge in [0.05, 0.1) is 24.1 Å². The molecule has 5 nitrogen and oxygen atoms in total. The van der Waals surface area contributed by atoms with Crippen LogP contribution < -0.4 is 5.32 Å². The maximum absolute atomic E-state index is 9.18. The molecule has 1 aromatic carbocycles. The summed E-state index contributed by atoms with van der Waals surface area (Å²) in [5.41, 5.74) is 1.91. The highest BCUT2D eigenvalue weighted by molar-refractivity contribution is 5.30. The van der Waals surface area contributed by atoms with Crippen LogP contribution in [-0.4, -0.2) is 39.2 Å². The summed E-state index contributed by atoms with van der Waals surface area (Å²) in [4.78, 5) is 0. The Kier molecular flexibility index (Phi) is 4.46. The molecule has 0 saturated heterocycles. The molecule has 2 rings (SSSR count). The lowest BCUT2D eigenvalue weighted by Gasteiger charge is -2.07. The molecule has 0 aliphatic carbocycles. The van der Waals surface area contributed by atoms with Crippen molar-refractivity contribution in [3.63, 3.8) is 0 Å². The van der Waals surface area contributed by atoms with Crippen molar-refractivity contribution >= 4 is 0 Å². The van der Waals surface area contributed by atoms with E-state index in [1.165, 1.54) is 0 Å². The van der Waals surface area contributed by atoms with E-state index in [-0.39, 0.29) is 6.61 Å². The van der Waals surface area contributed by atoms with Gasteiger partial charge in [0, 0.05) is 19.3 Å². The minimum Gasteiger partial charge on any atom is -0.394 e. The number of aromatic nitrogens is 2. The van der Waals surface area contributed by atoms with E-state index in [1.807, 2.05) is 42.6 Å². The summed E-state index contributed by atoms with van der Waals surface area (Å²) in [6.07, 6.45) is 1.18. The van der Waals surface area contributed by atoms with E-state index in [1.54, 1.807) is 4.68 Å². The van der Waals surface area contributed by atoms with E-state index in [4.69, 9.17) is 5.11 Å². The first-order valence-electron chi connectivity index (χ1n) is 5.89. The number of aliphatic hydroxyl groups excluding tert-OH is 2. The van der Waals surface area contributed by atoms with E-state index in [9.17, 15) is 5.11 Å². The molecule has 0 aliphatic heterocycles. The Morgan fingerprint density at radius 3 is 2.72 bits per heavy atom. The molecular formula is C13H17N3O2. The van der Waals surface area contributed by atoms with Crippen molar-refractivity contribution in [1.82, 2.24) is 15.1 Å². The molecule has 1 heterocycles. The molecule has 0 fully saturated rings. The van der Waals surface area contributed by atoms with Crippen LogP contribution in [0.4, 0.5) is 0 Å². The second-order valence-corrected chi connectivity index (χ2v) is 4.05. The third kappa shape index (κ3) is 3.40. The molecule has 0 saturated carbocycles. The third-order valence-corrected chi connectivity index (χ3v) is 2.56. The number of hydrogen-bond donors (Lipinski definition) is 3. The largest absolute Gasteiger partial charge is 0.394 e. The van der Waals surface area contributed by atoms with Crippen LogP contribution in [0.15, 0.2) is 42.6 Å². The highest BCUT2D eigenvalue weighted by Crippen LogP contribution is 2.06. The van der Waals surface area contributed by atoms with Crippen molar-refractivity contribution in [3.8, 4) is 5.69 Å². The fraction of sp³-hybridized carbons (Fsp3) is 0.308. The molecule has 18 heavy (non-hydrogen) atoms. The summed E-state index contributed by atoms with van der Waals surface area (Å²) < 4.78 is 1.81. The maximum atomic E-state index is 9.18. The number of hydrogen-bond acceptors (Lipinski definition) is 4. The zero-order chi connectivity index (χ0) is 12.8. The van der Waals surface area contributed by atoms with Gasteiger partial charge >= 0.3 is 0 Å². The number of para-hydroxylation sites is 1. The van der Waals surface area contributed by atoms with Gasteiger partial charge in [-0.2, -0.15) is 5.10 Å². The Hall–Kier alpha value is -1.69. The monoisotopic (exact) mass is 247 g/mol. The van der Waals surface area contributed by atoms with E-state index in [0.717, 1.165) is 11.4 Å². The molecule has 1 aromatic heterocycles. The molecule has 3 N–H and O–H groups in total. The lowest BCUT2D eigenvalue weighted by Crippen LogP contribution is -2.29. The molecule has 1 unspecified atom stereocenters. The number of aliphatic hydroxyl groups is 2. The Labute approximate surface area is 106 Å². The smallest absolute Gasteiger partial charge is 0.0895 e. The van der Waals surface area contributed by atoms with Crippen LogP contribution >= 0.6 is 0 Å². The molecule has 5 heteroatoms. The van der Waals surface area contributed by atoms with Gasteiger partial charge < -0.3 is 15.5 Å². The SMILES string of the molecule is OCC(O)CNCc1ccn(-c2ccccc2)n1. The molecule has 0 aliphatic rings. The van der Waals surface area contributed by atoms with Crippen molar-refractivity contribution in [1.29, 1.82) is 0 Å². The van der Waals surface area contributed by atoms with Crippen molar-refractivity contribution in [2.75, 3.05) is 13.2 Å². The molecule has 0 spiro atoms. The maximum Gasteiger partial charge on any atom is 0.0895 e. The highest BCUT2D eigenvalue weighted by Gasteiger charge is 2.03. The Balaban J connectivity index is 1.91. The van der Waals surface area contributed by atoms with Crippen molar-refractivity contribution in [2.24, 2.45) is 0 Å². The Morgan fingerprint density at radius 2 is 2.00 bits per heavy atom. The van der Waals surface area contributed by atoms with Crippen LogP contribution in [0.2, 0.25) is 0 Å². The molecule has 0 radical (unpaired) electrons. The summed E-state index contributed by atoms with van der Waals surface area (Å²) in [5.74, 6) is 0. The molecule has 1 atom stereocenters. The van der Waals surface area contributed by atoms with Crippen molar-refractivity contribution in [2.45, 2.75) is 12.6 Å². The fourth-order valence-corrected chi connectivity index (χ4v) is 1.61. The second-order valence-electron chi connectivity index (χ2n) is 4.05. The lowest BCUT2D eigenvalue weighted by molar-refractivity contribution is 0.0941. The molecule has 96 valence electrons. The van der Waals surface area contributed by atoms with Gasteiger partial charge in [0.1, 0.15) is 0 Å². The van der Waals surface area contributed by atoms with Gasteiger partial charge in [0.25, 0.3) is 0 Å². The average molecular weight is 247 g/mol. The van der Waals surface area contributed by atoms with Crippen LogP contribution in [0.1, 0.15) is 5.69 Å². The van der Waals surface area contributed by atoms with Gasteiger partial charge in [-0.25, -0.2) is 4.68 Å². The molecule has 0 bridgehead atoms. The summed E-state index contributed by atoms with van der Waals surface area (Å²) in [6, 6.07) is 11.8. The van der Waals surface area contributed by atoms with Crippen LogP contribution in [-0.2, 0) is 6.54 Å². The van der Waals surface area contributed by atoms with Gasteiger partial charge in [-0.15, -0.1) is 0 Å². The molecule has 2 aromatic rings. The predicted octanol–water partition coefficient (Wildman–Crippen LogP) is 0.315. The standard InChI is InChI=1S/C13H17N3O2/c17-10-13(18)9-14-8-11-6-7-16(15-11)12-4-2-1-3-5-12/h1-7,13-14,17-18H,8-10H2. The minimum absolute atomic E-state index is 0.231. The highest BCUT2D eigenvalue weighted by atomic mass is 16.3. The van der Waals surface area contributed by atoms with E-state index < -0.39 is 6.10 Å². The van der Waals surface area contributed by atoms with Crippen LogP contribution in [0.25, 0.3) is 5.69 Å². The first kappa shape index (κ1) is 12.8. The van der Waals surface area contributed by atoms with Gasteiger partial charge in [-0.3, -0.25) is 0 Å². The first-order chi connectivity index (χ1) is 8.79. The first-order valence-corrected chi connectivity index (χ1v) is 5.89. The van der Waals surface area contributed by atoms with Crippen molar-refractivity contribution < 1.29 is 10.2 Å². The Morgan fingerprint density at radius 1 is 1.22 bits per heavy atom. The second kappa shape index (κ2) is 6.30. The summed E-state index contributed by atoms with van der Waals surface area (Å²) in [6.45, 7) is 0.692. The van der Waals surface area contributed by atoms with E-state index in [2.05, 4.69) is 10.4 Å². The predicted molar refractivity (Wildman–Crippen MR) is 68.4 cm³/mol. The zero-order valence-corrected chi connectivity index (χ0v) is 10.0. The third-order valence-electron chi connectivity index (χ3n) is 2.56. The number of rotatable bonds is 6. The van der Waals surface area contributed by atoms with Crippen molar-refractivity contribution in [3.05, 3.63) is 48.3 Å². The Bertz CT molecular complexity index is 470. The number of benzene rings is 1. The summed E-state index contributed by atoms with van der Waals surface area (Å²) in [5, 5.41) is 25.3. The number of nitrogens with one attached hydrogen (secondary N) is 1. The fourth-order valence-electron chi connectivity index (χ4n) is 1.61. The minimum atomic E-state index is -0.721. The zero-order valence-electron chi connectivity index (χ0n) is 10.0. The van der Waals surface area contributed by atoms with Gasteiger partial charge in [0.2, 0.25) is 0 Å². The summed E-state index contributed by atoms with van der Waals surface area (Å²) in [7, 11) is 0. The van der Waals surface area contributed by atoms with Gasteiger partial charge in [0.15, 0.2) is 0 Å². The van der Waals surface area contributed by atoms with Gasteiger partial charge in [-0.05, 0) is 18.2 Å². The van der Waals surface area contributed by atoms with E-state index in [0.29, 0.717) is 13.1 Å². The van der Waals surface area contributed by atoms with Gasteiger partial charge in [-0.1, -0.05) is 18.2 Å². The lowest BCUT2D eigenvalue weighted by atomic mass is 10.3. The number of nitrogens with zero attached hydrogens (tertiary/aromatic N) is 2. The summed E-state index contributed by atoms with van der Waals surface area (Å²) >= 11 is 0. The topological polar surface area (TPSA) is 70.3 Å². The van der Waals surface area contributed by atoms with E-state index >= 15 is 0 Å². The van der Waals surface area contributed by atoms with Crippen LogP contribution in [0, 0.1) is 0 Å². The average Bonchev–Trinajstić information content (AvgIpc) is 2.88. The molecular weight excluding hydrogens is 230 g/mol. The van der Waals surface area contributed by atoms with Crippen LogP contribution in [0.5, 0.6) is 0 Å². The normalized spacial score (nSPS) is 12.6. The quantitative estimate of drug-likeness (QED) is 0.687. The van der Waals surface area contributed by atoms with Crippen LogP contribution in [0.3, 0.4) is 0 Å². The molecule has 0 amide bonds.